The fourth-order valence-electron chi connectivity index (χ4n) is 3.43. The summed E-state index contributed by atoms with van der Waals surface area (Å²) >= 11 is 0. The molecule has 3 heterocycles. The molecular weight excluding hydrogens is 228 g/mol. The molecule has 0 bridgehead atoms. The summed E-state index contributed by atoms with van der Waals surface area (Å²) in [5.41, 5.74) is 0. The zero-order valence-electron chi connectivity index (χ0n) is 11.4. The van der Waals surface area contributed by atoms with Crippen molar-refractivity contribution in [2.45, 2.75) is 37.9 Å². The summed E-state index contributed by atoms with van der Waals surface area (Å²) in [6.07, 6.45) is 6.23. The lowest BCUT2D eigenvalue weighted by molar-refractivity contribution is -0.185. The van der Waals surface area contributed by atoms with Crippen molar-refractivity contribution >= 4 is 0 Å². The second-order valence-corrected chi connectivity index (χ2v) is 5.85. The molecule has 4 nitrogen and oxygen atoms in total. The minimum absolute atomic E-state index is 0.203. The highest BCUT2D eigenvalue weighted by Gasteiger charge is 2.39. The van der Waals surface area contributed by atoms with E-state index in [2.05, 4.69) is 9.80 Å². The van der Waals surface area contributed by atoms with Crippen LogP contribution in [0.2, 0.25) is 0 Å². The van der Waals surface area contributed by atoms with E-state index in [0.29, 0.717) is 0 Å². The summed E-state index contributed by atoms with van der Waals surface area (Å²) in [5.74, 6) is -0.203. The largest absolute Gasteiger partial charge is 0.347 e. The molecule has 3 saturated heterocycles. The maximum absolute atomic E-state index is 5.76. The predicted molar refractivity (Wildman–Crippen MR) is 70.6 cm³/mol. The van der Waals surface area contributed by atoms with E-state index in [9.17, 15) is 0 Å². The molecule has 0 saturated carbocycles. The van der Waals surface area contributed by atoms with Gasteiger partial charge < -0.3 is 19.3 Å². The van der Waals surface area contributed by atoms with Gasteiger partial charge in [0, 0.05) is 25.9 Å². The van der Waals surface area contributed by atoms with Gasteiger partial charge in [-0.2, -0.15) is 0 Å². The monoisotopic (exact) mass is 254 g/mol. The number of piperidine rings is 1. The van der Waals surface area contributed by atoms with Gasteiger partial charge >= 0.3 is 0 Å². The van der Waals surface area contributed by atoms with Crippen LogP contribution in [0.5, 0.6) is 0 Å². The third-order valence-electron chi connectivity index (χ3n) is 4.58. The second kappa shape index (κ2) is 5.87. The van der Waals surface area contributed by atoms with Crippen LogP contribution in [0.1, 0.15) is 32.1 Å². The molecule has 3 aliphatic heterocycles. The Balaban J connectivity index is 1.32. The van der Waals surface area contributed by atoms with Crippen LogP contribution in [0.4, 0.5) is 0 Å². The Morgan fingerprint density at radius 1 is 0.778 bits per heavy atom. The number of hydrogen-bond acceptors (Lipinski definition) is 4. The first-order valence-corrected chi connectivity index (χ1v) is 7.59. The molecule has 0 atom stereocenters. The summed E-state index contributed by atoms with van der Waals surface area (Å²) in [6, 6.07) is 0. The molecule has 0 aromatic heterocycles. The molecule has 1 spiro atoms. The van der Waals surface area contributed by atoms with Gasteiger partial charge in [-0.25, -0.2) is 0 Å². The average molecular weight is 254 g/mol. The van der Waals surface area contributed by atoms with Crippen molar-refractivity contribution in [1.29, 1.82) is 0 Å². The third kappa shape index (κ3) is 3.05. The fourth-order valence-corrected chi connectivity index (χ4v) is 3.43. The molecule has 4 heteroatoms. The van der Waals surface area contributed by atoms with E-state index in [1.54, 1.807) is 0 Å². The van der Waals surface area contributed by atoms with Crippen molar-refractivity contribution < 1.29 is 9.47 Å². The van der Waals surface area contributed by atoms with E-state index < -0.39 is 0 Å². The molecule has 0 aliphatic carbocycles. The molecule has 0 aromatic rings. The van der Waals surface area contributed by atoms with E-state index in [4.69, 9.17) is 9.47 Å². The van der Waals surface area contributed by atoms with Crippen LogP contribution >= 0.6 is 0 Å². The van der Waals surface area contributed by atoms with Gasteiger partial charge in [-0.05, 0) is 45.4 Å². The molecule has 0 N–H and O–H groups in total. The highest BCUT2D eigenvalue weighted by Crippen LogP contribution is 2.31. The number of ether oxygens (including phenoxy) is 2. The van der Waals surface area contributed by atoms with Gasteiger partial charge in [0.1, 0.15) is 0 Å². The number of nitrogens with zero attached hydrogens (tertiary/aromatic N) is 2. The average Bonchev–Trinajstić information content (AvgIpc) is 3.04. The van der Waals surface area contributed by atoms with Gasteiger partial charge in [-0.3, -0.25) is 0 Å². The second-order valence-electron chi connectivity index (χ2n) is 5.85. The Morgan fingerprint density at radius 2 is 1.33 bits per heavy atom. The van der Waals surface area contributed by atoms with Crippen molar-refractivity contribution in [2.75, 3.05) is 52.5 Å². The zero-order valence-corrected chi connectivity index (χ0v) is 11.4. The summed E-state index contributed by atoms with van der Waals surface area (Å²) in [5, 5.41) is 0. The van der Waals surface area contributed by atoms with Crippen LogP contribution in [-0.2, 0) is 9.47 Å². The first kappa shape index (κ1) is 12.9. The Labute approximate surface area is 110 Å². The SMILES string of the molecule is C1CCN(CCCN2CCC3(CC2)OCCO3)C1. The minimum atomic E-state index is -0.203. The fraction of sp³-hybridized carbons (Fsp3) is 1.00. The third-order valence-corrected chi connectivity index (χ3v) is 4.58. The van der Waals surface area contributed by atoms with Gasteiger partial charge in [0.15, 0.2) is 5.79 Å². The molecule has 0 aromatic carbocycles. The molecule has 3 aliphatic rings. The zero-order chi connectivity index (χ0) is 12.3. The summed E-state index contributed by atoms with van der Waals surface area (Å²) in [6.45, 7) is 9.03. The van der Waals surface area contributed by atoms with Crippen molar-refractivity contribution in [3.8, 4) is 0 Å². The number of rotatable bonds is 4. The quantitative estimate of drug-likeness (QED) is 0.755. The minimum Gasteiger partial charge on any atom is -0.347 e. The number of likely N-dealkylation sites (tertiary alicyclic amines) is 2. The first-order valence-electron chi connectivity index (χ1n) is 7.59. The van der Waals surface area contributed by atoms with E-state index in [1.165, 1.54) is 45.4 Å². The van der Waals surface area contributed by atoms with E-state index in [1.807, 2.05) is 0 Å². The summed E-state index contributed by atoms with van der Waals surface area (Å²) < 4.78 is 11.5. The van der Waals surface area contributed by atoms with Crippen molar-refractivity contribution in [2.24, 2.45) is 0 Å². The normalized spacial score (nSPS) is 29.3. The lowest BCUT2D eigenvalue weighted by atomic mass is 10.0. The van der Waals surface area contributed by atoms with Crippen molar-refractivity contribution in [1.82, 2.24) is 9.80 Å². The van der Waals surface area contributed by atoms with E-state index in [0.717, 1.165) is 39.1 Å². The van der Waals surface area contributed by atoms with Crippen LogP contribution in [0, 0.1) is 0 Å². The Morgan fingerprint density at radius 3 is 1.94 bits per heavy atom. The molecular formula is C14H26N2O2. The van der Waals surface area contributed by atoms with Crippen molar-refractivity contribution in [3.63, 3.8) is 0 Å². The molecule has 3 rings (SSSR count). The molecule has 0 radical (unpaired) electrons. The highest BCUT2D eigenvalue weighted by molar-refractivity contribution is 4.82. The van der Waals surface area contributed by atoms with Gasteiger partial charge in [0.2, 0.25) is 0 Å². The first-order chi connectivity index (χ1) is 8.86. The van der Waals surface area contributed by atoms with Crippen LogP contribution in [0.25, 0.3) is 0 Å². The maximum atomic E-state index is 5.76. The standard InChI is InChI=1S/C14H26N2O2/c1-2-7-15(6-1)8-3-9-16-10-4-14(5-11-16)17-12-13-18-14/h1-13H2. The van der Waals surface area contributed by atoms with E-state index in [-0.39, 0.29) is 5.79 Å². The Hall–Kier alpha value is -0.160. The maximum Gasteiger partial charge on any atom is 0.170 e. The molecule has 3 fully saturated rings. The van der Waals surface area contributed by atoms with Gasteiger partial charge in [0.05, 0.1) is 13.2 Å². The Bertz CT molecular complexity index is 251. The van der Waals surface area contributed by atoms with Crippen LogP contribution in [0.3, 0.4) is 0 Å². The van der Waals surface area contributed by atoms with Crippen molar-refractivity contribution in [3.05, 3.63) is 0 Å². The highest BCUT2D eigenvalue weighted by atomic mass is 16.7. The topological polar surface area (TPSA) is 24.9 Å². The molecule has 18 heavy (non-hydrogen) atoms. The lowest BCUT2D eigenvalue weighted by Crippen LogP contribution is -2.45. The van der Waals surface area contributed by atoms with E-state index >= 15 is 0 Å². The smallest absolute Gasteiger partial charge is 0.170 e. The van der Waals surface area contributed by atoms with Crippen LogP contribution in [0.15, 0.2) is 0 Å². The molecule has 0 amide bonds. The summed E-state index contributed by atoms with van der Waals surface area (Å²) in [7, 11) is 0. The predicted octanol–water partition coefficient (Wildman–Crippen LogP) is 1.31. The van der Waals surface area contributed by atoms with Gasteiger partial charge in [-0.1, -0.05) is 0 Å². The summed E-state index contributed by atoms with van der Waals surface area (Å²) in [4.78, 5) is 5.18. The van der Waals surface area contributed by atoms with Crippen LogP contribution < -0.4 is 0 Å². The van der Waals surface area contributed by atoms with Gasteiger partial charge in [-0.15, -0.1) is 0 Å². The molecule has 104 valence electrons. The van der Waals surface area contributed by atoms with Gasteiger partial charge in [0.25, 0.3) is 0 Å². The molecule has 0 unspecified atom stereocenters. The number of hydrogen-bond donors (Lipinski definition) is 0. The van der Waals surface area contributed by atoms with Crippen LogP contribution in [-0.4, -0.2) is 68.1 Å². The lowest BCUT2D eigenvalue weighted by Gasteiger charge is -2.37. The Kier molecular flexibility index (Phi) is 4.19.